The van der Waals surface area contributed by atoms with Crippen molar-refractivity contribution in [2.75, 3.05) is 13.2 Å². The molecule has 0 fully saturated rings. The molecule has 2 nitrogen and oxygen atoms in total. The Morgan fingerprint density at radius 1 is 1.24 bits per heavy atom. The zero-order valence-corrected chi connectivity index (χ0v) is 11.8. The second kappa shape index (κ2) is 8.57. The average molecular weight is 239 g/mol. The molecule has 0 saturated carbocycles. The Hall–Kier alpha value is -0.500. The van der Waals surface area contributed by atoms with Gasteiger partial charge < -0.3 is 10.1 Å². The summed E-state index contributed by atoms with van der Waals surface area (Å²) in [5.41, 5.74) is 0. The molecule has 0 saturated heterocycles. The first-order valence-corrected chi connectivity index (χ1v) is 7.39. The summed E-state index contributed by atoms with van der Waals surface area (Å²) in [6.07, 6.45) is 9.78. The Morgan fingerprint density at radius 2 is 1.94 bits per heavy atom. The van der Waals surface area contributed by atoms with Crippen LogP contribution in [-0.2, 0) is 4.74 Å². The van der Waals surface area contributed by atoms with E-state index in [1.807, 2.05) is 0 Å². The van der Waals surface area contributed by atoms with Gasteiger partial charge in [-0.25, -0.2) is 0 Å². The summed E-state index contributed by atoms with van der Waals surface area (Å²) in [5, 5.41) is 3.63. The maximum absolute atomic E-state index is 5.86. The van der Waals surface area contributed by atoms with Crippen molar-refractivity contribution in [2.24, 2.45) is 5.92 Å². The Kier molecular flexibility index (Phi) is 7.34. The lowest BCUT2D eigenvalue weighted by molar-refractivity contribution is 0.145. The van der Waals surface area contributed by atoms with Crippen molar-refractivity contribution in [1.82, 2.24) is 5.32 Å². The second-order valence-electron chi connectivity index (χ2n) is 4.97. The minimum Gasteiger partial charge on any atom is -0.497 e. The Labute approximate surface area is 107 Å². The zero-order chi connectivity index (χ0) is 12.5. The van der Waals surface area contributed by atoms with Gasteiger partial charge in [0.2, 0.25) is 0 Å². The fourth-order valence-corrected chi connectivity index (χ4v) is 2.73. The lowest BCUT2D eigenvalue weighted by atomic mass is 9.88. The van der Waals surface area contributed by atoms with Crippen LogP contribution in [0.25, 0.3) is 0 Å². The summed E-state index contributed by atoms with van der Waals surface area (Å²) in [6.45, 7) is 8.67. The standard InChI is InChI=1S/C15H29NO/c1-4-9-13(10-5-2)15(16-6-3)14-11-7-8-12-17-14/h11,13,15-16H,4-10,12H2,1-3H3. The van der Waals surface area contributed by atoms with Crippen LogP contribution in [0.15, 0.2) is 11.8 Å². The van der Waals surface area contributed by atoms with E-state index in [9.17, 15) is 0 Å². The van der Waals surface area contributed by atoms with Crippen LogP contribution in [0.4, 0.5) is 0 Å². The predicted molar refractivity (Wildman–Crippen MR) is 74.0 cm³/mol. The number of ether oxygens (including phenoxy) is 1. The predicted octanol–water partition coefficient (Wildman–Crippen LogP) is 3.88. The van der Waals surface area contributed by atoms with Gasteiger partial charge in [-0.3, -0.25) is 0 Å². The van der Waals surface area contributed by atoms with Gasteiger partial charge >= 0.3 is 0 Å². The van der Waals surface area contributed by atoms with Gasteiger partial charge in [-0.15, -0.1) is 0 Å². The normalized spacial score (nSPS) is 17.8. The monoisotopic (exact) mass is 239 g/mol. The van der Waals surface area contributed by atoms with Crippen LogP contribution in [-0.4, -0.2) is 19.2 Å². The molecule has 0 aromatic rings. The van der Waals surface area contributed by atoms with Gasteiger partial charge in [-0.1, -0.05) is 33.6 Å². The molecule has 0 aromatic heterocycles. The summed E-state index contributed by atoms with van der Waals surface area (Å²) >= 11 is 0. The third-order valence-corrected chi connectivity index (χ3v) is 3.48. The average Bonchev–Trinajstić information content (AvgIpc) is 2.37. The van der Waals surface area contributed by atoms with Crippen LogP contribution < -0.4 is 5.32 Å². The van der Waals surface area contributed by atoms with Crippen molar-refractivity contribution in [3.05, 3.63) is 11.8 Å². The van der Waals surface area contributed by atoms with Gasteiger partial charge in [0.1, 0.15) is 5.76 Å². The van der Waals surface area contributed by atoms with E-state index in [0.29, 0.717) is 6.04 Å². The molecule has 0 aliphatic carbocycles. The number of nitrogens with one attached hydrogen (secondary N) is 1. The second-order valence-corrected chi connectivity index (χ2v) is 4.97. The van der Waals surface area contributed by atoms with Gasteiger partial charge in [-0.05, 0) is 44.2 Å². The molecule has 100 valence electrons. The summed E-state index contributed by atoms with van der Waals surface area (Å²) in [5.74, 6) is 1.94. The summed E-state index contributed by atoms with van der Waals surface area (Å²) < 4.78 is 5.86. The van der Waals surface area contributed by atoms with E-state index < -0.39 is 0 Å². The van der Waals surface area contributed by atoms with Gasteiger partial charge in [-0.2, -0.15) is 0 Å². The number of hydrogen-bond donors (Lipinski definition) is 1. The zero-order valence-electron chi connectivity index (χ0n) is 11.8. The van der Waals surface area contributed by atoms with E-state index in [0.717, 1.165) is 19.1 Å². The minimum atomic E-state index is 0.445. The highest BCUT2D eigenvalue weighted by atomic mass is 16.5. The van der Waals surface area contributed by atoms with E-state index in [-0.39, 0.29) is 0 Å². The Bertz CT molecular complexity index is 219. The number of rotatable bonds is 8. The Morgan fingerprint density at radius 3 is 2.41 bits per heavy atom. The van der Waals surface area contributed by atoms with Crippen LogP contribution >= 0.6 is 0 Å². The smallest absolute Gasteiger partial charge is 0.109 e. The molecule has 1 heterocycles. The molecule has 1 atom stereocenters. The third kappa shape index (κ3) is 4.71. The maximum Gasteiger partial charge on any atom is 0.109 e. The molecule has 0 radical (unpaired) electrons. The van der Waals surface area contributed by atoms with E-state index in [4.69, 9.17) is 4.74 Å². The molecule has 1 rings (SSSR count). The van der Waals surface area contributed by atoms with Crippen LogP contribution in [0.5, 0.6) is 0 Å². The molecule has 0 aromatic carbocycles. The summed E-state index contributed by atoms with van der Waals surface area (Å²) in [6, 6.07) is 0.445. The highest BCUT2D eigenvalue weighted by Crippen LogP contribution is 2.26. The van der Waals surface area contributed by atoms with Crippen LogP contribution in [0, 0.1) is 5.92 Å². The summed E-state index contributed by atoms with van der Waals surface area (Å²) in [4.78, 5) is 0. The van der Waals surface area contributed by atoms with Gasteiger partial charge in [0.25, 0.3) is 0 Å². The van der Waals surface area contributed by atoms with Crippen molar-refractivity contribution >= 4 is 0 Å². The molecule has 17 heavy (non-hydrogen) atoms. The fourth-order valence-electron chi connectivity index (χ4n) is 2.73. The van der Waals surface area contributed by atoms with Gasteiger partial charge in [0.05, 0.1) is 12.6 Å². The van der Waals surface area contributed by atoms with E-state index in [1.165, 1.54) is 44.3 Å². The van der Waals surface area contributed by atoms with Crippen LogP contribution in [0.2, 0.25) is 0 Å². The van der Waals surface area contributed by atoms with E-state index in [1.54, 1.807) is 0 Å². The number of hydrogen-bond acceptors (Lipinski definition) is 2. The quantitative estimate of drug-likeness (QED) is 0.694. The first-order chi connectivity index (χ1) is 8.33. The molecule has 0 bridgehead atoms. The highest BCUT2D eigenvalue weighted by molar-refractivity contribution is 5.07. The number of allylic oxidation sites excluding steroid dienone is 1. The molecule has 1 aliphatic heterocycles. The first kappa shape index (κ1) is 14.6. The largest absolute Gasteiger partial charge is 0.497 e. The lowest BCUT2D eigenvalue weighted by Crippen LogP contribution is -2.39. The van der Waals surface area contributed by atoms with E-state index >= 15 is 0 Å². The van der Waals surface area contributed by atoms with Gasteiger partial charge in [0, 0.05) is 0 Å². The molecular formula is C15H29NO. The maximum atomic E-state index is 5.86. The topological polar surface area (TPSA) is 21.3 Å². The lowest BCUT2D eigenvalue weighted by Gasteiger charge is -2.31. The Balaban J connectivity index is 2.68. The molecule has 0 spiro atoms. The van der Waals surface area contributed by atoms with Gasteiger partial charge in [0.15, 0.2) is 0 Å². The van der Waals surface area contributed by atoms with Crippen molar-refractivity contribution in [2.45, 2.75) is 65.3 Å². The highest BCUT2D eigenvalue weighted by Gasteiger charge is 2.25. The minimum absolute atomic E-state index is 0.445. The van der Waals surface area contributed by atoms with Crippen molar-refractivity contribution in [3.63, 3.8) is 0 Å². The molecule has 1 aliphatic rings. The molecule has 1 N–H and O–H groups in total. The first-order valence-electron chi connectivity index (χ1n) is 7.39. The van der Waals surface area contributed by atoms with Crippen molar-refractivity contribution < 1.29 is 4.74 Å². The third-order valence-electron chi connectivity index (χ3n) is 3.48. The molecule has 0 amide bonds. The fraction of sp³-hybridized carbons (Fsp3) is 0.867. The SMILES string of the molecule is CCCC(CCC)C(NCC)C1=CCCCO1. The van der Waals surface area contributed by atoms with Crippen LogP contribution in [0.3, 0.4) is 0 Å². The van der Waals surface area contributed by atoms with Crippen LogP contribution in [0.1, 0.15) is 59.3 Å². The van der Waals surface area contributed by atoms with E-state index in [2.05, 4.69) is 32.2 Å². The van der Waals surface area contributed by atoms with Crippen molar-refractivity contribution in [1.29, 1.82) is 0 Å². The molecular weight excluding hydrogens is 210 g/mol. The summed E-state index contributed by atoms with van der Waals surface area (Å²) in [7, 11) is 0. The van der Waals surface area contributed by atoms with Crippen molar-refractivity contribution in [3.8, 4) is 0 Å². The number of likely N-dealkylation sites (N-methyl/N-ethyl adjacent to an activating group) is 1. The molecule has 2 heteroatoms. The molecule has 1 unspecified atom stereocenters.